The van der Waals surface area contributed by atoms with Crippen LogP contribution in [0, 0.1) is 21.4 Å². The summed E-state index contributed by atoms with van der Waals surface area (Å²) in [7, 11) is 0. The molecule has 2 rings (SSSR count). The van der Waals surface area contributed by atoms with E-state index >= 15 is 0 Å². The smallest absolute Gasteiger partial charge is 0.412 e. The number of carbonyl (C=O) groups excluding carboxylic acids is 1. The number of carbonyl (C=O) groups is 2. The van der Waals surface area contributed by atoms with Crippen molar-refractivity contribution < 1.29 is 32.8 Å². The summed E-state index contributed by atoms with van der Waals surface area (Å²) in [4.78, 5) is 36.3. The summed E-state index contributed by atoms with van der Waals surface area (Å²) in [5, 5.41) is 32.6. The molecule has 1 aliphatic heterocycles. The lowest BCUT2D eigenvalue weighted by molar-refractivity contribution is -0.385. The zero-order valence-corrected chi connectivity index (χ0v) is 21.0. The molecule has 0 fully saturated rings. The number of nitro groups is 1. The van der Waals surface area contributed by atoms with Gasteiger partial charge in [0.25, 0.3) is 5.69 Å². The summed E-state index contributed by atoms with van der Waals surface area (Å²) in [6.07, 6.45) is -2.78. The van der Waals surface area contributed by atoms with Gasteiger partial charge in [0.2, 0.25) is 0 Å². The highest BCUT2D eigenvalue weighted by Gasteiger charge is 2.40. The third-order valence-corrected chi connectivity index (χ3v) is 4.75. The quantitative estimate of drug-likeness (QED) is 0.269. The zero-order valence-electron chi connectivity index (χ0n) is 21.0. The highest BCUT2D eigenvalue weighted by molar-refractivity contribution is 5.95. The average molecular weight is 511 g/mol. The fourth-order valence-electron chi connectivity index (χ4n) is 3.16. The van der Waals surface area contributed by atoms with Gasteiger partial charge in [-0.25, -0.2) is 9.59 Å². The summed E-state index contributed by atoms with van der Waals surface area (Å²) >= 11 is 0. The van der Waals surface area contributed by atoms with Crippen molar-refractivity contribution in [3.05, 3.63) is 74.1 Å². The normalized spacial score (nSPS) is 16.1. The van der Waals surface area contributed by atoms with Gasteiger partial charge in [-0.2, -0.15) is 18.4 Å². The second-order valence-corrected chi connectivity index (χ2v) is 6.70. The van der Waals surface area contributed by atoms with Gasteiger partial charge in [-0.05, 0) is 39.0 Å². The van der Waals surface area contributed by atoms with Gasteiger partial charge in [-0.15, -0.1) is 0 Å². The molecule has 9 nitrogen and oxygen atoms in total. The van der Waals surface area contributed by atoms with Gasteiger partial charge in [0.1, 0.15) is 0 Å². The van der Waals surface area contributed by atoms with E-state index in [9.17, 15) is 38.0 Å². The van der Waals surface area contributed by atoms with Crippen LogP contribution in [-0.2, 0) is 4.79 Å². The number of rotatable bonds is 5. The number of nitrogens with zero attached hydrogens (tertiary/aromatic N) is 3. The van der Waals surface area contributed by atoms with E-state index in [1.165, 1.54) is 26.0 Å². The van der Waals surface area contributed by atoms with Gasteiger partial charge in [0.05, 0.1) is 33.7 Å². The molecule has 1 aromatic rings. The lowest BCUT2D eigenvalue weighted by Gasteiger charge is -2.35. The van der Waals surface area contributed by atoms with Gasteiger partial charge >= 0.3 is 18.2 Å². The van der Waals surface area contributed by atoms with E-state index in [0.29, 0.717) is 6.08 Å². The van der Waals surface area contributed by atoms with Gasteiger partial charge in [-0.1, -0.05) is 33.8 Å². The van der Waals surface area contributed by atoms with E-state index in [0.717, 1.165) is 24.0 Å². The number of allylic oxidation sites excluding steroid dienone is 4. The van der Waals surface area contributed by atoms with E-state index in [2.05, 4.69) is 5.32 Å². The first kappa shape index (κ1) is 31.9. The minimum Gasteiger partial charge on any atom is -0.478 e. The molecule has 36 heavy (non-hydrogen) atoms. The largest absolute Gasteiger partial charge is 0.478 e. The highest BCUT2D eigenvalue weighted by atomic mass is 19.4. The van der Waals surface area contributed by atoms with E-state index in [1.54, 1.807) is 6.07 Å². The molecule has 0 bridgehead atoms. The number of alkyl halides is 3. The predicted octanol–water partition coefficient (Wildman–Crippen LogP) is 6.36. The van der Waals surface area contributed by atoms with E-state index in [-0.39, 0.29) is 22.5 Å². The number of nitro benzene ring substituents is 1. The average Bonchev–Trinajstić information content (AvgIpc) is 2.83. The maximum atomic E-state index is 13.0. The Kier molecular flexibility index (Phi) is 12.1. The monoisotopic (exact) mass is 510 g/mol. The maximum absolute atomic E-state index is 13.0. The first-order valence-corrected chi connectivity index (χ1v) is 11.0. The predicted molar refractivity (Wildman–Crippen MR) is 128 cm³/mol. The molecule has 12 heteroatoms. The molecule has 0 radical (unpaired) electrons. The number of nitrogens with one attached hydrogen (secondary N) is 1. The van der Waals surface area contributed by atoms with E-state index in [4.69, 9.17) is 5.26 Å². The van der Waals surface area contributed by atoms with Crippen LogP contribution in [0.5, 0.6) is 0 Å². The second kappa shape index (κ2) is 13.7. The topological polar surface area (TPSA) is 137 Å². The first-order valence-electron chi connectivity index (χ1n) is 11.0. The van der Waals surface area contributed by atoms with Crippen molar-refractivity contribution in [2.45, 2.75) is 60.7 Å². The minimum atomic E-state index is -4.67. The van der Waals surface area contributed by atoms with Gasteiger partial charge in [0, 0.05) is 23.0 Å². The molecule has 0 saturated carbocycles. The first-order chi connectivity index (χ1) is 16.8. The van der Waals surface area contributed by atoms with Crippen LogP contribution in [0.4, 0.5) is 23.7 Å². The van der Waals surface area contributed by atoms with Crippen molar-refractivity contribution in [1.29, 1.82) is 5.26 Å². The van der Waals surface area contributed by atoms with E-state index < -0.39 is 46.0 Å². The maximum Gasteiger partial charge on any atom is 0.412 e. The van der Waals surface area contributed by atoms with Crippen molar-refractivity contribution >= 4 is 17.7 Å². The van der Waals surface area contributed by atoms with Crippen molar-refractivity contribution in [2.75, 3.05) is 0 Å². The van der Waals surface area contributed by atoms with Gasteiger partial charge in [-0.3, -0.25) is 15.0 Å². The third-order valence-electron chi connectivity index (χ3n) is 4.75. The summed E-state index contributed by atoms with van der Waals surface area (Å²) in [6.45, 7) is 11.4. The summed E-state index contributed by atoms with van der Waals surface area (Å²) in [5.74, 6) is -1.54. The van der Waals surface area contributed by atoms with Crippen LogP contribution in [0.25, 0.3) is 0 Å². The molecule has 0 saturated heterocycles. The number of hydrogen-bond donors (Lipinski definition) is 2. The molecule has 2 N–H and O–H groups in total. The Morgan fingerprint density at radius 2 is 1.83 bits per heavy atom. The summed E-state index contributed by atoms with van der Waals surface area (Å²) in [5.41, 5.74) is -2.78. The summed E-state index contributed by atoms with van der Waals surface area (Å²) < 4.78 is 38.9. The van der Waals surface area contributed by atoms with Crippen LogP contribution in [0.1, 0.15) is 65.6 Å². The molecule has 2 amide bonds. The number of aliphatic carboxylic acids is 1. The lowest BCUT2D eigenvalue weighted by Crippen LogP contribution is -2.47. The number of halogens is 3. The fraction of sp³-hybridized carbons (Fsp3) is 0.375. The number of nitriles is 1. The molecule has 0 aliphatic carbocycles. The molecule has 1 unspecified atom stereocenters. The molecule has 1 atom stereocenters. The van der Waals surface area contributed by atoms with E-state index in [1.807, 2.05) is 27.7 Å². The number of benzene rings is 1. The van der Waals surface area contributed by atoms with Crippen LogP contribution in [0.15, 0.2) is 52.9 Å². The van der Waals surface area contributed by atoms with Crippen LogP contribution >= 0.6 is 0 Å². The van der Waals surface area contributed by atoms with Crippen molar-refractivity contribution in [3.63, 3.8) is 0 Å². The Hall–Kier alpha value is -4.14. The molecule has 1 aliphatic rings. The van der Waals surface area contributed by atoms with Crippen LogP contribution in [0.2, 0.25) is 0 Å². The molecule has 0 aromatic heterocycles. The van der Waals surface area contributed by atoms with Crippen LogP contribution < -0.4 is 5.32 Å². The summed E-state index contributed by atoms with van der Waals surface area (Å²) in [6, 6.07) is 2.59. The molecule has 196 valence electrons. The van der Waals surface area contributed by atoms with Crippen molar-refractivity contribution in [2.24, 2.45) is 0 Å². The number of urea groups is 1. The Morgan fingerprint density at radius 3 is 2.25 bits per heavy atom. The highest BCUT2D eigenvalue weighted by Crippen LogP contribution is 2.37. The Balaban J connectivity index is 0.00000291. The van der Waals surface area contributed by atoms with Crippen LogP contribution in [0.3, 0.4) is 0 Å². The number of carboxylic acid groups (broad SMARTS) is 1. The molecule has 1 heterocycles. The minimum absolute atomic E-state index is 0.0502. The fourth-order valence-corrected chi connectivity index (χ4v) is 3.16. The van der Waals surface area contributed by atoms with Gasteiger partial charge < -0.3 is 10.4 Å². The third kappa shape index (κ3) is 7.18. The molecular formula is C24H29F3N4O5. The van der Waals surface area contributed by atoms with Crippen molar-refractivity contribution in [3.8, 4) is 6.07 Å². The van der Waals surface area contributed by atoms with Gasteiger partial charge in [0.15, 0.2) is 0 Å². The second-order valence-electron chi connectivity index (χ2n) is 6.70. The molecular weight excluding hydrogens is 481 g/mol. The Labute approximate surface area is 207 Å². The standard InChI is InChI=1S/C20H17F3N4O5.2C2H6/c1-4-13(7-10(2)20(21,22)23)26-11(3)16(18(28)29)17(25-19(26)30)14-6-5-12(9-24)8-15(14)27(31)32;2*1-2/h4-8,17H,1-3H3,(H,25,30)(H,28,29);2*1-2H3/b10-7+,13-4+;;. The molecule has 0 spiro atoms. The Morgan fingerprint density at radius 1 is 1.28 bits per heavy atom. The number of hydrogen-bond acceptors (Lipinski definition) is 5. The van der Waals surface area contributed by atoms with Crippen LogP contribution in [-0.4, -0.2) is 33.1 Å². The number of carboxylic acids is 1. The lowest BCUT2D eigenvalue weighted by atomic mass is 9.92. The Bertz CT molecular complexity index is 1130. The van der Waals surface area contributed by atoms with Crippen molar-refractivity contribution in [1.82, 2.24) is 10.2 Å². The SMILES string of the molecule is C/C=C(\C=C(/C)C(F)(F)F)N1C(=O)NC(c2ccc(C#N)cc2[N+](=O)[O-])C(C(=O)O)=C1C.CC.CC. The zero-order chi connectivity index (χ0) is 28.4. The molecule has 1 aromatic carbocycles. The number of amides is 2.